The number of nitrogens with zero attached hydrogens (tertiary/aromatic N) is 1. The van der Waals surface area contributed by atoms with E-state index in [1.807, 2.05) is 24.4 Å². The van der Waals surface area contributed by atoms with Crippen LogP contribution in [0.3, 0.4) is 0 Å². The first-order valence-corrected chi connectivity index (χ1v) is 7.52. The molecule has 108 valence electrons. The summed E-state index contributed by atoms with van der Waals surface area (Å²) in [6, 6.07) is 3.91. The Morgan fingerprint density at radius 3 is 3.00 bits per heavy atom. The van der Waals surface area contributed by atoms with Crippen molar-refractivity contribution in [2.24, 2.45) is 0 Å². The summed E-state index contributed by atoms with van der Waals surface area (Å²) in [5.74, 6) is 0.00271. The molecule has 0 saturated heterocycles. The number of carbonyl (C=O) groups is 1. The van der Waals surface area contributed by atoms with Gasteiger partial charge >= 0.3 is 0 Å². The Balaban J connectivity index is 1.62. The lowest BCUT2D eigenvalue weighted by Gasteiger charge is -2.12. The topological polar surface area (TPSA) is 67.2 Å². The normalized spacial score (nSPS) is 12.3. The molecule has 2 N–H and O–H groups in total. The molecule has 1 atom stereocenters. The molecule has 6 heteroatoms. The van der Waals surface area contributed by atoms with Crippen molar-refractivity contribution in [1.82, 2.24) is 15.8 Å². The fraction of sp³-hybridized carbons (Fsp3) is 0.429. The van der Waals surface area contributed by atoms with E-state index >= 15 is 0 Å². The first kappa shape index (κ1) is 14.7. The van der Waals surface area contributed by atoms with Gasteiger partial charge in [0.2, 0.25) is 0 Å². The molecule has 2 heterocycles. The van der Waals surface area contributed by atoms with Crippen molar-refractivity contribution in [2.75, 3.05) is 13.1 Å². The summed E-state index contributed by atoms with van der Waals surface area (Å²) in [5.41, 5.74) is 1.99. The Morgan fingerprint density at radius 1 is 1.50 bits per heavy atom. The van der Waals surface area contributed by atoms with Crippen LogP contribution < -0.4 is 10.6 Å². The minimum Gasteiger partial charge on any atom is -0.364 e. The standard InChI is InChI=1S/C14H19N3O2S/c1-10(12-9-19-17-11(12)2)15-6-4-7-16-14(18)13-5-3-8-20-13/h3,5,8-10,15H,4,6-7H2,1-2H3,(H,16,18). The summed E-state index contributed by atoms with van der Waals surface area (Å²) in [6.07, 6.45) is 2.55. The lowest BCUT2D eigenvalue weighted by Crippen LogP contribution is -2.27. The zero-order valence-corrected chi connectivity index (χ0v) is 12.5. The molecule has 2 aromatic rings. The Morgan fingerprint density at radius 2 is 2.35 bits per heavy atom. The Bertz CT molecular complexity index is 536. The van der Waals surface area contributed by atoms with Gasteiger partial charge in [-0.15, -0.1) is 11.3 Å². The van der Waals surface area contributed by atoms with Gasteiger partial charge in [0.15, 0.2) is 0 Å². The fourth-order valence-electron chi connectivity index (χ4n) is 1.93. The molecule has 1 amide bonds. The summed E-state index contributed by atoms with van der Waals surface area (Å²) >= 11 is 1.45. The molecule has 0 aliphatic heterocycles. The van der Waals surface area contributed by atoms with Crippen molar-refractivity contribution in [2.45, 2.75) is 26.3 Å². The van der Waals surface area contributed by atoms with Gasteiger partial charge in [0.1, 0.15) is 6.26 Å². The zero-order chi connectivity index (χ0) is 14.4. The Hall–Kier alpha value is -1.66. The average molecular weight is 293 g/mol. The van der Waals surface area contributed by atoms with E-state index in [4.69, 9.17) is 4.52 Å². The molecule has 0 bridgehead atoms. The molecule has 5 nitrogen and oxygen atoms in total. The second kappa shape index (κ2) is 7.21. The molecule has 2 aromatic heterocycles. The van der Waals surface area contributed by atoms with Crippen LogP contribution in [0.4, 0.5) is 0 Å². The number of nitrogens with one attached hydrogen (secondary N) is 2. The van der Waals surface area contributed by atoms with E-state index in [1.165, 1.54) is 11.3 Å². The molecule has 0 aliphatic carbocycles. The van der Waals surface area contributed by atoms with Gasteiger partial charge in [-0.3, -0.25) is 4.79 Å². The number of aromatic nitrogens is 1. The van der Waals surface area contributed by atoms with E-state index in [9.17, 15) is 4.79 Å². The first-order chi connectivity index (χ1) is 9.68. The second-order valence-corrected chi connectivity index (χ2v) is 5.57. The lowest BCUT2D eigenvalue weighted by atomic mass is 10.1. The molecule has 2 rings (SSSR count). The SMILES string of the molecule is Cc1nocc1C(C)NCCCNC(=O)c1cccs1. The number of hydrogen-bond donors (Lipinski definition) is 2. The van der Waals surface area contributed by atoms with Crippen LogP contribution in [0.5, 0.6) is 0 Å². The molecule has 0 saturated carbocycles. The van der Waals surface area contributed by atoms with Gasteiger partial charge in [0.05, 0.1) is 10.6 Å². The highest BCUT2D eigenvalue weighted by Gasteiger charge is 2.11. The average Bonchev–Trinajstić information content (AvgIpc) is 3.08. The van der Waals surface area contributed by atoms with E-state index < -0.39 is 0 Å². The summed E-state index contributed by atoms with van der Waals surface area (Å²) in [5, 5.41) is 12.1. The lowest BCUT2D eigenvalue weighted by molar-refractivity contribution is 0.0957. The minimum absolute atomic E-state index is 0.00271. The number of rotatable bonds is 7. The third-order valence-corrected chi connectivity index (χ3v) is 3.96. The fourth-order valence-corrected chi connectivity index (χ4v) is 2.57. The van der Waals surface area contributed by atoms with Gasteiger partial charge in [-0.25, -0.2) is 0 Å². The predicted octanol–water partition coefficient (Wildman–Crippen LogP) is 2.52. The molecular formula is C14H19N3O2S. The first-order valence-electron chi connectivity index (χ1n) is 6.64. The summed E-state index contributed by atoms with van der Waals surface area (Å²) in [4.78, 5) is 12.4. The molecule has 0 aliphatic rings. The summed E-state index contributed by atoms with van der Waals surface area (Å²) < 4.78 is 4.92. The van der Waals surface area contributed by atoms with Crippen LogP contribution in [-0.2, 0) is 0 Å². The van der Waals surface area contributed by atoms with Gasteiger partial charge in [-0.2, -0.15) is 0 Å². The molecule has 0 radical (unpaired) electrons. The maximum atomic E-state index is 11.7. The van der Waals surface area contributed by atoms with Gasteiger partial charge in [0.25, 0.3) is 5.91 Å². The highest BCUT2D eigenvalue weighted by molar-refractivity contribution is 7.12. The van der Waals surface area contributed by atoms with Gasteiger partial charge < -0.3 is 15.2 Å². The van der Waals surface area contributed by atoms with Gasteiger partial charge in [0, 0.05) is 18.2 Å². The van der Waals surface area contributed by atoms with Gasteiger partial charge in [-0.1, -0.05) is 11.2 Å². The van der Waals surface area contributed by atoms with Crippen molar-refractivity contribution >= 4 is 17.2 Å². The number of amides is 1. The third-order valence-electron chi connectivity index (χ3n) is 3.09. The maximum absolute atomic E-state index is 11.7. The third kappa shape index (κ3) is 3.91. The Kier molecular flexibility index (Phi) is 5.31. The summed E-state index contributed by atoms with van der Waals surface area (Å²) in [7, 11) is 0. The van der Waals surface area contributed by atoms with E-state index in [0.29, 0.717) is 6.54 Å². The van der Waals surface area contributed by atoms with Crippen molar-refractivity contribution in [3.05, 3.63) is 39.9 Å². The van der Waals surface area contributed by atoms with Crippen LogP contribution in [0.2, 0.25) is 0 Å². The Labute approximate surface area is 122 Å². The van der Waals surface area contributed by atoms with Crippen LogP contribution >= 0.6 is 11.3 Å². The van der Waals surface area contributed by atoms with Crippen molar-refractivity contribution in [1.29, 1.82) is 0 Å². The number of hydrogen-bond acceptors (Lipinski definition) is 5. The summed E-state index contributed by atoms with van der Waals surface area (Å²) in [6.45, 7) is 5.50. The van der Waals surface area contributed by atoms with Crippen molar-refractivity contribution < 1.29 is 9.32 Å². The van der Waals surface area contributed by atoms with Gasteiger partial charge in [-0.05, 0) is 38.3 Å². The van der Waals surface area contributed by atoms with Crippen LogP contribution in [-0.4, -0.2) is 24.2 Å². The van der Waals surface area contributed by atoms with Crippen LogP contribution in [0.15, 0.2) is 28.3 Å². The number of aryl methyl sites for hydroxylation is 1. The maximum Gasteiger partial charge on any atom is 0.261 e. The molecule has 0 fully saturated rings. The van der Waals surface area contributed by atoms with Crippen molar-refractivity contribution in [3.8, 4) is 0 Å². The van der Waals surface area contributed by atoms with E-state index in [0.717, 1.165) is 29.1 Å². The van der Waals surface area contributed by atoms with Crippen LogP contribution in [0, 0.1) is 6.92 Å². The number of thiophene rings is 1. The zero-order valence-electron chi connectivity index (χ0n) is 11.7. The van der Waals surface area contributed by atoms with E-state index in [2.05, 4.69) is 22.7 Å². The largest absolute Gasteiger partial charge is 0.364 e. The molecular weight excluding hydrogens is 274 g/mol. The van der Waals surface area contributed by atoms with Crippen LogP contribution in [0.1, 0.15) is 40.3 Å². The molecule has 20 heavy (non-hydrogen) atoms. The minimum atomic E-state index is 0.00271. The quantitative estimate of drug-likeness (QED) is 0.770. The van der Waals surface area contributed by atoms with E-state index in [1.54, 1.807) is 6.26 Å². The molecule has 1 unspecified atom stereocenters. The van der Waals surface area contributed by atoms with E-state index in [-0.39, 0.29) is 11.9 Å². The highest BCUT2D eigenvalue weighted by atomic mass is 32.1. The monoisotopic (exact) mass is 293 g/mol. The number of carbonyl (C=O) groups excluding carboxylic acids is 1. The molecule has 0 spiro atoms. The highest BCUT2D eigenvalue weighted by Crippen LogP contribution is 2.15. The smallest absolute Gasteiger partial charge is 0.261 e. The van der Waals surface area contributed by atoms with Crippen molar-refractivity contribution in [3.63, 3.8) is 0 Å². The second-order valence-electron chi connectivity index (χ2n) is 4.62. The predicted molar refractivity (Wildman–Crippen MR) is 78.9 cm³/mol. The van der Waals surface area contributed by atoms with Crippen LogP contribution in [0.25, 0.3) is 0 Å². The molecule has 0 aromatic carbocycles.